The SMILES string of the molecule is CCN(Cc1ccc(OCC(C)(C)N(C)C)cc1)c1cc(OC)c(OC)cc1[C@@H]1CCc2cc(OC(=O)C(C)(C)C)ccc2C1. The van der Waals surface area contributed by atoms with Gasteiger partial charge in [0.15, 0.2) is 11.5 Å². The van der Waals surface area contributed by atoms with E-state index in [1.54, 1.807) is 14.2 Å². The molecule has 45 heavy (non-hydrogen) atoms. The number of carbonyl (C=O) groups excluding carboxylic acids is 1. The maximum atomic E-state index is 12.5. The van der Waals surface area contributed by atoms with Crippen molar-refractivity contribution < 1.29 is 23.7 Å². The van der Waals surface area contributed by atoms with E-state index in [0.717, 1.165) is 55.3 Å². The van der Waals surface area contributed by atoms with E-state index in [4.69, 9.17) is 18.9 Å². The monoisotopic (exact) mass is 616 g/mol. The Hall–Kier alpha value is -3.71. The van der Waals surface area contributed by atoms with Crippen LogP contribution in [0.5, 0.6) is 23.0 Å². The number of fused-ring (bicyclic) bond motifs is 1. The molecule has 0 bridgehead atoms. The standard InChI is InChI=1S/C38H52N2O5/c1-11-40(24-26-12-17-30(18-13-26)44-25-38(5,6)39(7)8)33-23-35(43-10)34(42-9)22-32(33)29-15-14-28-21-31(19-16-27(28)20-29)45-36(41)37(2,3)4/h12-13,16-19,21-23,29H,11,14-15,20,24-25H2,1-10H3/t29-/m1/s1. The first-order valence-corrected chi connectivity index (χ1v) is 16.0. The predicted molar refractivity (Wildman–Crippen MR) is 182 cm³/mol. The Morgan fingerprint density at radius 3 is 2.11 bits per heavy atom. The van der Waals surface area contributed by atoms with Crippen LogP contribution in [0.1, 0.15) is 76.1 Å². The molecule has 0 radical (unpaired) electrons. The molecule has 0 N–H and O–H groups in total. The largest absolute Gasteiger partial charge is 0.493 e. The van der Waals surface area contributed by atoms with Crippen LogP contribution < -0.4 is 23.8 Å². The van der Waals surface area contributed by atoms with Crippen LogP contribution in [0.2, 0.25) is 0 Å². The quantitative estimate of drug-likeness (QED) is 0.153. The molecule has 0 saturated carbocycles. The lowest BCUT2D eigenvalue weighted by molar-refractivity contribution is -0.143. The first kappa shape index (κ1) is 34.2. The molecule has 0 saturated heterocycles. The molecule has 0 aliphatic heterocycles. The van der Waals surface area contributed by atoms with Gasteiger partial charge in [0.2, 0.25) is 0 Å². The summed E-state index contributed by atoms with van der Waals surface area (Å²) in [6.07, 6.45) is 2.80. The van der Waals surface area contributed by atoms with Crippen molar-refractivity contribution in [2.75, 3.05) is 46.4 Å². The van der Waals surface area contributed by atoms with Crippen molar-refractivity contribution >= 4 is 11.7 Å². The Morgan fingerprint density at radius 1 is 0.867 bits per heavy atom. The highest BCUT2D eigenvalue weighted by Gasteiger charge is 2.28. The Balaban J connectivity index is 1.57. The fourth-order valence-electron chi connectivity index (χ4n) is 5.47. The molecule has 0 aromatic heterocycles. The van der Waals surface area contributed by atoms with Crippen LogP contribution in [-0.2, 0) is 24.2 Å². The van der Waals surface area contributed by atoms with E-state index in [9.17, 15) is 4.79 Å². The zero-order valence-corrected chi connectivity index (χ0v) is 29.0. The second kappa shape index (κ2) is 14.2. The number of hydrogen-bond donors (Lipinski definition) is 0. The molecule has 4 rings (SSSR count). The van der Waals surface area contributed by atoms with E-state index in [1.165, 1.54) is 22.3 Å². The fourth-order valence-corrected chi connectivity index (χ4v) is 5.47. The molecule has 0 amide bonds. The van der Waals surface area contributed by atoms with E-state index in [1.807, 2.05) is 32.9 Å². The smallest absolute Gasteiger partial charge is 0.316 e. The Morgan fingerprint density at radius 2 is 1.51 bits per heavy atom. The van der Waals surface area contributed by atoms with Crippen molar-refractivity contribution in [1.29, 1.82) is 0 Å². The number of ether oxygens (including phenoxy) is 4. The summed E-state index contributed by atoms with van der Waals surface area (Å²) in [6.45, 7) is 14.4. The van der Waals surface area contributed by atoms with Gasteiger partial charge in [-0.3, -0.25) is 4.79 Å². The number of likely N-dealkylation sites (N-methyl/N-ethyl adjacent to an activating group) is 1. The Bertz CT molecular complexity index is 1460. The summed E-state index contributed by atoms with van der Waals surface area (Å²) in [5.74, 6) is 3.05. The molecule has 1 aliphatic carbocycles. The van der Waals surface area contributed by atoms with Crippen LogP contribution in [0.3, 0.4) is 0 Å². The lowest BCUT2D eigenvalue weighted by atomic mass is 9.79. The topological polar surface area (TPSA) is 60.5 Å². The van der Waals surface area contributed by atoms with E-state index in [0.29, 0.717) is 18.3 Å². The third kappa shape index (κ3) is 8.31. The molecule has 0 fully saturated rings. The average Bonchev–Trinajstić information content (AvgIpc) is 3.01. The van der Waals surface area contributed by atoms with Gasteiger partial charge in [-0.1, -0.05) is 18.2 Å². The predicted octanol–water partition coefficient (Wildman–Crippen LogP) is 7.67. The zero-order chi connectivity index (χ0) is 32.9. The number of anilines is 1. The summed E-state index contributed by atoms with van der Waals surface area (Å²) in [5.41, 5.74) is 5.57. The van der Waals surface area contributed by atoms with Gasteiger partial charge in [-0.25, -0.2) is 0 Å². The van der Waals surface area contributed by atoms with Crippen LogP contribution in [0, 0.1) is 5.41 Å². The minimum Gasteiger partial charge on any atom is -0.493 e. The number of methoxy groups -OCH3 is 2. The fraction of sp³-hybridized carbons (Fsp3) is 0.500. The Labute approximate surface area is 270 Å². The molecule has 1 atom stereocenters. The summed E-state index contributed by atoms with van der Waals surface area (Å²) >= 11 is 0. The summed E-state index contributed by atoms with van der Waals surface area (Å²) < 4.78 is 23.3. The Kier molecular flexibility index (Phi) is 10.7. The van der Waals surface area contributed by atoms with Gasteiger partial charge in [-0.15, -0.1) is 0 Å². The number of benzene rings is 3. The molecule has 3 aromatic rings. The molecule has 7 nitrogen and oxygen atoms in total. The van der Waals surface area contributed by atoms with E-state index < -0.39 is 5.41 Å². The number of rotatable bonds is 12. The van der Waals surface area contributed by atoms with Gasteiger partial charge in [0.25, 0.3) is 0 Å². The van der Waals surface area contributed by atoms with E-state index in [2.05, 4.69) is 87.1 Å². The van der Waals surface area contributed by atoms with E-state index in [-0.39, 0.29) is 11.5 Å². The van der Waals surface area contributed by atoms with E-state index >= 15 is 0 Å². The number of aryl methyl sites for hydroxylation is 1. The molecule has 7 heteroatoms. The number of esters is 1. The second-order valence-corrected chi connectivity index (χ2v) is 13.9. The van der Waals surface area contributed by atoms with Crippen molar-refractivity contribution in [2.24, 2.45) is 5.41 Å². The van der Waals surface area contributed by atoms with Gasteiger partial charge in [0.1, 0.15) is 18.1 Å². The van der Waals surface area contributed by atoms with Gasteiger partial charge >= 0.3 is 5.97 Å². The summed E-state index contributed by atoms with van der Waals surface area (Å²) in [6, 6.07) is 18.8. The molecule has 0 spiro atoms. The lowest BCUT2D eigenvalue weighted by Crippen LogP contribution is -2.43. The maximum Gasteiger partial charge on any atom is 0.316 e. The van der Waals surface area contributed by atoms with Gasteiger partial charge in [0.05, 0.1) is 19.6 Å². The maximum absolute atomic E-state index is 12.5. The van der Waals surface area contributed by atoms with Gasteiger partial charge in [-0.05, 0) is 133 Å². The van der Waals surface area contributed by atoms with Crippen molar-refractivity contribution in [3.8, 4) is 23.0 Å². The molecular weight excluding hydrogens is 564 g/mol. The van der Waals surface area contributed by atoms with Crippen molar-refractivity contribution in [3.05, 3.63) is 76.9 Å². The molecule has 0 unspecified atom stereocenters. The van der Waals surface area contributed by atoms with Crippen molar-refractivity contribution in [2.45, 2.75) is 78.8 Å². The van der Waals surface area contributed by atoms with Crippen molar-refractivity contribution in [1.82, 2.24) is 4.90 Å². The lowest BCUT2D eigenvalue weighted by Gasteiger charge is -2.33. The number of nitrogens with zero attached hydrogens (tertiary/aromatic N) is 2. The summed E-state index contributed by atoms with van der Waals surface area (Å²) in [7, 11) is 7.53. The van der Waals surface area contributed by atoms with Crippen LogP contribution in [0.15, 0.2) is 54.6 Å². The third-order valence-electron chi connectivity index (χ3n) is 9.02. The summed E-state index contributed by atoms with van der Waals surface area (Å²) in [4.78, 5) is 17.0. The van der Waals surface area contributed by atoms with Gasteiger partial charge in [-0.2, -0.15) is 0 Å². The van der Waals surface area contributed by atoms with Gasteiger partial charge < -0.3 is 28.7 Å². The molecule has 244 valence electrons. The number of carbonyl (C=O) groups is 1. The van der Waals surface area contributed by atoms with Crippen molar-refractivity contribution in [3.63, 3.8) is 0 Å². The third-order valence-corrected chi connectivity index (χ3v) is 9.02. The van der Waals surface area contributed by atoms with Gasteiger partial charge in [0, 0.05) is 30.4 Å². The van der Waals surface area contributed by atoms with Crippen LogP contribution in [-0.4, -0.2) is 57.9 Å². The zero-order valence-electron chi connectivity index (χ0n) is 29.0. The second-order valence-electron chi connectivity index (χ2n) is 13.9. The van der Waals surface area contributed by atoms with Crippen LogP contribution in [0.4, 0.5) is 5.69 Å². The first-order chi connectivity index (χ1) is 21.2. The normalized spacial score (nSPS) is 15.0. The highest BCUT2D eigenvalue weighted by molar-refractivity contribution is 5.78. The number of hydrogen-bond acceptors (Lipinski definition) is 7. The van der Waals surface area contributed by atoms with Crippen LogP contribution in [0.25, 0.3) is 0 Å². The minimum absolute atomic E-state index is 0.0531. The average molecular weight is 617 g/mol. The van der Waals surface area contributed by atoms with Crippen LogP contribution >= 0.6 is 0 Å². The summed E-state index contributed by atoms with van der Waals surface area (Å²) in [5, 5.41) is 0. The highest BCUT2D eigenvalue weighted by Crippen LogP contribution is 2.44. The minimum atomic E-state index is -0.547. The molecule has 3 aromatic carbocycles. The molecular formula is C38H52N2O5. The first-order valence-electron chi connectivity index (χ1n) is 16.0. The molecule has 1 aliphatic rings. The highest BCUT2D eigenvalue weighted by atomic mass is 16.5. The molecule has 0 heterocycles.